The molecular formula is C13H30N2. The summed E-state index contributed by atoms with van der Waals surface area (Å²) in [6.45, 7) is 12.2. The number of hydrogen-bond donors (Lipinski definition) is 1. The summed E-state index contributed by atoms with van der Waals surface area (Å²) >= 11 is 0. The van der Waals surface area contributed by atoms with Crippen LogP contribution < -0.4 is 5.73 Å². The summed E-state index contributed by atoms with van der Waals surface area (Å²) in [5.74, 6) is 0.790. The first-order valence-corrected chi connectivity index (χ1v) is 6.36. The van der Waals surface area contributed by atoms with Crippen molar-refractivity contribution in [3.05, 3.63) is 0 Å². The minimum Gasteiger partial charge on any atom is -0.330 e. The summed E-state index contributed by atoms with van der Waals surface area (Å²) in [5.41, 5.74) is 6.18. The molecule has 92 valence electrons. The van der Waals surface area contributed by atoms with Crippen LogP contribution in [0.25, 0.3) is 0 Å². The molecule has 0 radical (unpaired) electrons. The highest BCUT2D eigenvalue weighted by Crippen LogP contribution is 2.23. The summed E-state index contributed by atoms with van der Waals surface area (Å²) in [6, 6.07) is 0. The summed E-state index contributed by atoms with van der Waals surface area (Å²) in [4.78, 5) is 2.44. The summed E-state index contributed by atoms with van der Waals surface area (Å²) in [6.07, 6.45) is 3.72. The predicted octanol–water partition coefficient (Wildman–Crippen LogP) is 2.73. The molecule has 0 saturated carbocycles. The van der Waals surface area contributed by atoms with Gasteiger partial charge in [0.05, 0.1) is 0 Å². The highest BCUT2D eigenvalue weighted by molar-refractivity contribution is 4.78. The monoisotopic (exact) mass is 214 g/mol. The molecule has 2 nitrogen and oxygen atoms in total. The van der Waals surface area contributed by atoms with Gasteiger partial charge in [-0.25, -0.2) is 0 Å². The highest BCUT2D eigenvalue weighted by atomic mass is 15.1. The topological polar surface area (TPSA) is 29.3 Å². The Balaban J connectivity index is 4.05. The highest BCUT2D eigenvalue weighted by Gasteiger charge is 2.23. The predicted molar refractivity (Wildman–Crippen MR) is 69.0 cm³/mol. The van der Waals surface area contributed by atoms with Crippen LogP contribution in [0.4, 0.5) is 0 Å². The Morgan fingerprint density at radius 3 is 2.33 bits per heavy atom. The second-order valence-corrected chi connectivity index (χ2v) is 5.47. The van der Waals surface area contributed by atoms with Crippen LogP contribution in [0.15, 0.2) is 0 Å². The van der Waals surface area contributed by atoms with Gasteiger partial charge in [0.25, 0.3) is 0 Å². The van der Waals surface area contributed by atoms with Crippen molar-refractivity contribution >= 4 is 0 Å². The number of nitrogens with two attached hydrogens (primary N) is 1. The summed E-state index contributed by atoms with van der Waals surface area (Å²) in [5, 5.41) is 0. The van der Waals surface area contributed by atoms with Crippen LogP contribution in [0.2, 0.25) is 0 Å². The van der Waals surface area contributed by atoms with E-state index in [1.807, 2.05) is 0 Å². The SMILES string of the molecule is CCCC(C)(CN)CN(C)CC(C)CC. The zero-order chi connectivity index (χ0) is 11.9. The van der Waals surface area contributed by atoms with E-state index >= 15 is 0 Å². The van der Waals surface area contributed by atoms with E-state index in [-0.39, 0.29) is 0 Å². The van der Waals surface area contributed by atoms with Gasteiger partial charge in [0.1, 0.15) is 0 Å². The fourth-order valence-corrected chi connectivity index (χ4v) is 2.23. The van der Waals surface area contributed by atoms with Crippen LogP contribution >= 0.6 is 0 Å². The van der Waals surface area contributed by atoms with Crippen molar-refractivity contribution in [3.8, 4) is 0 Å². The molecule has 0 aliphatic carbocycles. The minimum atomic E-state index is 0.303. The fraction of sp³-hybridized carbons (Fsp3) is 1.00. The van der Waals surface area contributed by atoms with Crippen molar-refractivity contribution in [2.45, 2.75) is 47.0 Å². The zero-order valence-electron chi connectivity index (χ0n) is 11.3. The van der Waals surface area contributed by atoms with E-state index in [2.05, 4.69) is 39.6 Å². The largest absolute Gasteiger partial charge is 0.330 e. The van der Waals surface area contributed by atoms with Crippen molar-refractivity contribution in [2.24, 2.45) is 17.1 Å². The Labute approximate surface area is 96.2 Å². The number of rotatable bonds is 8. The normalized spacial score (nSPS) is 17.8. The van der Waals surface area contributed by atoms with Crippen molar-refractivity contribution in [1.29, 1.82) is 0 Å². The first-order chi connectivity index (χ1) is 6.97. The van der Waals surface area contributed by atoms with Gasteiger partial charge in [-0.05, 0) is 31.3 Å². The summed E-state index contributed by atoms with van der Waals surface area (Å²) in [7, 11) is 2.22. The van der Waals surface area contributed by atoms with E-state index in [1.165, 1.54) is 25.8 Å². The van der Waals surface area contributed by atoms with Crippen LogP contribution in [0, 0.1) is 11.3 Å². The van der Waals surface area contributed by atoms with Crippen LogP contribution in [0.1, 0.15) is 47.0 Å². The average Bonchev–Trinajstić information content (AvgIpc) is 2.17. The molecule has 0 rings (SSSR count). The lowest BCUT2D eigenvalue weighted by atomic mass is 9.85. The van der Waals surface area contributed by atoms with Gasteiger partial charge < -0.3 is 10.6 Å². The van der Waals surface area contributed by atoms with Crippen LogP contribution in [-0.2, 0) is 0 Å². The molecule has 0 amide bonds. The van der Waals surface area contributed by atoms with E-state index in [1.54, 1.807) is 0 Å². The lowest BCUT2D eigenvalue weighted by Gasteiger charge is -2.33. The van der Waals surface area contributed by atoms with Gasteiger partial charge in [0.15, 0.2) is 0 Å². The van der Waals surface area contributed by atoms with Crippen LogP contribution in [0.3, 0.4) is 0 Å². The third kappa shape index (κ3) is 6.16. The molecule has 2 N–H and O–H groups in total. The third-order valence-electron chi connectivity index (χ3n) is 3.32. The van der Waals surface area contributed by atoms with Gasteiger partial charge in [-0.1, -0.05) is 40.5 Å². The van der Waals surface area contributed by atoms with E-state index in [9.17, 15) is 0 Å². The first-order valence-electron chi connectivity index (χ1n) is 6.36. The molecule has 0 fully saturated rings. The third-order valence-corrected chi connectivity index (χ3v) is 3.32. The molecule has 2 atom stereocenters. The van der Waals surface area contributed by atoms with E-state index in [0.717, 1.165) is 19.0 Å². The molecule has 0 aromatic heterocycles. The van der Waals surface area contributed by atoms with E-state index < -0.39 is 0 Å². The maximum atomic E-state index is 5.88. The van der Waals surface area contributed by atoms with Gasteiger partial charge >= 0.3 is 0 Å². The Bertz CT molecular complexity index is 159. The molecule has 0 aromatic carbocycles. The minimum absolute atomic E-state index is 0.303. The molecule has 0 aromatic rings. The Kier molecular flexibility index (Phi) is 7.20. The maximum absolute atomic E-state index is 5.88. The lowest BCUT2D eigenvalue weighted by Crippen LogP contribution is -2.40. The van der Waals surface area contributed by atoms with Crippen molar-refractivity contribution in [2.75, 3.05) is 26.7 Å². The molecule has 0 saturated heterocycles. The van der Waals surface area contributed by atoms with Gasteiger partial charge in [0.2, 0.25) is 0 Å². The van der Waals surface area contributed by atoms with Gasteiger partial charge in [0, 0.05) is 13.1 Å². The lowest BCUT2D eigenvalue weighted by molar-refractivity contribution is 0.168. The maximum Gasteiger partial charge on any atom is 0.00445 e. The molecule has 0 spiro atoms. The second-order valence-electron chi connectivity index (χ2n) is 5.47. The smallest absolute Gasteiger partial charge is 0.00445 e. The zero-order valence-corrected chi connectivity index (χ0v) is 11.3. The molecule has 15 heavy (non-hydrogen) atoms. The number of nitrogens with zero attached hydrogens (tertiary/aromatic N) is 1. The molecule has 2 heteroatoms. The average molecular weight is 214 g/mol. The van der Waals surface area contributed by atoms with Crippen LogP contribution in [0.5, 0.6) is 0 Å². The number of hydrogen-bond acceptors (Lipinski definition) is 2. The van der Waals surface area contributed by atoms with E-state index in [0.29, 0.717) is 5.41 Å². The van der Waals surface area contributed by atoms with Crippen molar-refractivity contribution < 1.29 is 0 Å². The molecular weight excluding hydrogens is 184 g/mol. The standard InChI is InChI=1S/C13H30N2/c1-6-8-13(4,10-14)11-15(5)9-12(3)7-2/h12H,6-11,14H2,1-5H3. The van der Waals surface area contributed by atoms with Crippen LogP contribution in [-0.4, -0.2) is 31.6 Å². The summed E-state index contributed by atoms with van der Waals surface area (Å²) < 4.78 is 0. The molecule has 0 heterocycles. The Morgan fingerprint density at radius 1 is 1.33 bits per heavy atom. The molecule has 0 aliphatic heterocycles. The quantitative estimate of drug-likeness (QED) is 0.673. The molecule has 0 bridgehead atoms. The van der Waals surface area contributed by atoms with E-state index in [4.69, 9.17) is 5.73 Å². The van der Waals surface area contributed by atoms with Gasteiger partial charge in [-0.15, -0.1) is 0 Å². The Hall–Kier alpha value is -0.0800. The van der Waals surface area contributed by atoms with Crippen molar-refractivity contribution in [3.63, 3.8) is 0 Å². The second kappa shape index (κ2) is 7.24. The molecule has 0 aliphatic rings. The first kappa shape index (κ1) is 14.9. The van der Waals surface area contributed by atoms with Crippen molar-refractivity contribution in [1.82, 2.24) is 4.90 Å². The Morgan fingerprint density at radius 2 is 1.93 bits per heavy atom. The molecule has 2 unspecified atom stereocenters. The van der Waals surface area contributed by atoms with Gasteiger partial charge in [-0.3, -0.25) is 0 Å². The fourth-order valence-electron chi connectivity index (χ4n) is 2.23. The van der Waals surface area contributed by atoms with Gasteiger partial charge in [-0.2, -0.15) is 0 Å².